The van der Waals surface area contributed by atoms with Gasteiger partial charge in [0, 0.05) is 25.0 Å². The molecule has 0 radical (unpaired) electrons. The van der Waals surface area contributed by atoms with E-state index in [1.807, 2.05) is 0 Å². The monoisotopic (exact) mass is 290 g/mol. The van der Waals surface area contributed by atoms with Crippen LogP contribution in [0.1, 0.15) is 6.42 Å². The fourth-order valence-corrected chi connectivity index (χ4v) is 2.05. The predicted octanol–water partition coefficient (Wildman–Crippen LogP) is 2.20. The molecule has 106 valence electrons. The number of anilines is 1. The van der Waals surface area contributed by atoms with Crippen LogP contribution in [-0.4, -0.2) is 35.8 Å². The van der Waals surface area contributed by atoms with Crippen LogP contribution in [0.25, 0.3) is 0 Å². The first kappa shape index (κ1) is 15.7. The quantitative estimate of drug-likeness (QED) is 0.675. The second-order valence-corrected chi connectivity index (χ2v) is 4.92. The summed E-state index contributed by atoms with van der Waals surface area (Å²) in [7, 11) is 0. The normalized spacial score (nSPS) is 10.3. The molecule has 19 heavy (non-hydrogen) atoms. The number of hydrogen-bond acceptors (Lipinski definition) is 3. The minimum Gasteiger partial charge on any atom is -0.396 e. The molecule has 0 atom stereocenters. The molecule has 4 nitrogen and oxygen atoms in total. The molecule has 0 spiro atoms. The summed E-state index contributed by atoms with van der Waals surface area (Å²) in [4.78, 5) is 11.4. The minimum atomic E-state index is -0.813. The summed E-state index contributed by atoms with van der Waals surface area (Å²) < 4.78 is 25.9. The van der Waals surface area contributed by atoms with Crippen LogP contribution in [0, 0.1) is 11.6 Å². The number of carbonyl (C=O) groups is 1. The Bertz CT molecular complexity index is 419. The summed E-state index contributed by atoms with van der Waals surface area (Å²) >= 11 is 1.61. The Balaban J connectivity index is 2.23. The SMILES string of the molecule is O=C(NCCSCCCO)Nc1ccc(F)cc1F. The summed E-state index contributed by atoms with van der Waals surface area (Å²) in [6.07, 6.45) is 0.720. The molecule has 7 heteroatoms. The highest BCUT2D eigenvalue weighted by atomic mass is 32.2. The number of rotatable bonds is 7. The topological polar surface area (TPSA) is 61.4 Å². The van der Waals surface area contributed by atoms with Gasteiger partial charge in [-0.1, -0.05) is 0 Å². The molecule has 0 aliphatic rings. The highest BCUT2D eigenvalue weighted by Crippen LogP contribution is 2.14. The zero-order chi connectivity index (χ0) is 14.1. The van der Waals surface area contributed by atoms with Crippen LogP contribution in [-0.2, 0) is 0 Å². The van der Waals surface area contributed by atoms with E-state index in [2.05, 4.69) is 10.6 Å². The summed E-state index contributed by atoms with van der Waals surface area (Å²) in [6.45, 7) is 0.593. The Morgan fingerprint density at radius 3 is 2.79 bits per heavy atom. The molecule has 0 saturated carbocycles. The molecule has 0 unspecified atom stereocenters. The van der Waals surface area contributed by atoms with Gasteiger partial charge in [-0.25, -0.2) is 13.6 Å². The molecule has 0 saturated heterocycles. The van der Waals surface area contributed by atoms with Gasteiger partial charge in [0.05, 0.1) is 5.69 Å². The van der Waals surface area contributed by atoms with E-state index in [-0.39, 0.29) is 12.3 Å². The first-order chi connectivity index (χ1) is 9.13. The van der Waals surface area contributed by atoms with Gasteiger partial charge in [0.25, 0.3) is 0 Å². The maximum atomic E-state index is 13.2. The van der Waals surface area contributed by atoms with E-state index in [0.717, 1.165) is 18.2 Å². The van der Waals surface area contributed by atoms with Crippen LogP contribution in [0.15, 0.2) is 18.2 Å². The van der Waals surface area contributed by atoms with Gasteiger partial charge in [0.15, 0.2) is 0 Å². The molecule has 0 aromatic heterocycles. The summed E-state index contributed by atoms with van der Waals surface area (Å²) in [6, 6.07) is 2.41. The molecule has 0 fully saturated rings. The molecule has 0 bridgehead atoms. The smallest absolute Gasteiger partial charge is 0.319 e. The molecule has 0 aliphatic carbocycles. The van der Waals surface area contributed by atoms with E-state index in [9.17, 15) is 13.6 Å². The first-order valence-corrected chi connectivity index (χ1v) is 6.97. The zero-order valence-corrected chi connectivity index (χ0v) is 11.1. The van der Waals surface area contributed by atoms with Crippen molar-refractivity contribution in [2.75, 3.05) is 30.0 Å². The van der Waals surface area contributed by atoms with Gasteiger partial charge in [0.2, 0.25) is 0 Å². The van der Waals surface area contributed by atoms with Crippen LogP contribution < -0.4 is 10.6 Å². The van der Waals surface area contributed by atoms with Crippen molar-refractivity contribution in [2.45, 2.75) is 6.42 Å². The number of urea groups is 1. The molecular weight excluding hydrogens is 274 g/mol. The fraction of sp³-hybridized carbons (Fsp3) is 0.417. The van der Waals surface area contributed by atoms with E-state index < -0.39 is 17.7 Å². The molecule has 2 amide bonds. The second-order valence-electron chi connectivity index (χ2n) is 3.69. The number of halogens is 2. The number of benzene rings is 1. The third kappa shape index (κ3) is 6.40. The molecular formula is C12H16F2N2O2S. The maximum absolute atomic E-state index is 13.2. The maximum Gasteiger partial charge on any atom is 0.319 e. The molecule has 1 rings (SSSR count). The van der Waals surface area contributed by atoms with Gasteiger partial charge in [-0.3, -0.25) is 0 Å². The molecule has 1 aromatic rings. The van der Waals surface area contributed by atoms with Crippen LogP contribution >= 0.6 is 11.8 Å². The van der Waals surface area contributed by atoms with Crippen molar-refractivity contribution in [1.29, 1.82) is 0 Å². The van der Waals surface area contributed by atoms with E-state index in [4.69, 9.17) is 5.11 Å². The Labute approximate surface area is 114 Å². The third-order valence-electron chi connectivity index (χ3n) is 2.16. The van der Waals surface area contributed by atoms with Gasteiger partial charge in [-0.2, -0.15) is 11.8 Å². The van der Waals surface area contributed by atoms with Gasteiger partial charge in [-0.15, -0.1) is 0 Å². The standard InChI is InChI=1S/C12H16F2N2O2S/c13-9-2-3-11(10(14)8-9)16-12(18)15-4-7-19-6-1-5-17/h2-3,8,17H,1,4-7H2,(H2,15,16,18). The lowest BCUT2D eigenvalue weighted by molar-refractivity contribution is 0.252. The van der Waals surface area contributed by atoms with Gasteiger partial charge < -0.3 is 15.7 Å². The van der Waals surface area contributed by atoms with Crippen LogP contribution in [0.2, 0.25) is 0 Å². The molecule has 0 aliphatic heterocycles. The second kappa shape index (κ2) is 8.71. The summed E-state index contributed by atoms with van der Waals surface area (Å²) in [5.74, 6) is 0.0299. The van der Waals surface area contributed by atoms with Crippen molar-refractivity contribution in [3.63, 3.8) is 0 Å². The van der Waals surface area contributed by atoms with Crippen molar-refractivity contribution in [3.8, 4) is 0 Å². The van der Waals surface area contributed by atoms with E-state index >= 15 is 0 Å². The Hall–Kier alpha value is -1.34. The van der Waals surface area contributed by atoms with Crippen LogP contribution in [0.5, 0.6) is 0 Å². The fourth-order valence-electron chi connectivity index (χ4n) is 1.26. The predicted molar refractivity (Wildman–Crippen MR) is 72.4 cm³/mol. The van der Waals surface area contributed by atoms with Gasteiger partial charge >= 0.3 is 6.03 Å². The lowest BCUT2D eigenvalue weighted by Gasteiger charge is -2.08. The first-order valence-electron chi connectivity index (χ1n) is 5.82. The highest BCUT2D eigenvalue weighted by Gasteiger charge is 2.07. The summed E-state index contributed by atoms with van der Waals surface area (Å²) in [5.41, 5.74) is -0.0631. The van der Waals surface area contributed by atoms with E-state index in [0.29, 0.717) is 18.4 Å². The van der Waals surface area contributed by atoms with Crippen LogP contribution in [0.3, 0.4) is 0 Å². The van der Waals surface area contributed by atoms with Crippen molar-refractivity contribution in [3.05, 3.63) is 29.8 Å². The Morgan fingerprint density at radius 2 is 2.11 bits per heavy atom. The van der Waals surface area contributed by atoms with Crippen molar-refractivity contribution in [1.82, 2.24) is 5.32 Å². The Kier molecular flexibility index (Phi) is 7.20. The number of thioether (sulfide) groups is 1. The van der Waals surface area contributed by atoms with Crippen molar-refractivity contribution >= 4 is 23.5 Å². The molecule has 0 heterocycles. The van der Waals surface area contributed by atoms with Gasteiger partial charge in [-0.05, 0) is 24.3 Å². The number of carbonyl (C=O) groups excluding carboxylic acids is 1. The molecule has 3 N–H and O–H groups in total. The third-order valence-corrected chi connectivity index (χ3v) is 3.23. The average molecular weight is 290 g/mol. The number of hydrogen-bond donors (Lipinski definition) is 3. The van der Waals surface area contributed by atoms with E-state index in [1.54, 1.807) is 11.8 Å². The molecule has 1 aromatic carbocycles. The summed E-state index contributed by atoms with van der Waals surface area (Å²) in [5, 5.41) is 13.4. The minimum absolute atomic E-state index is 0.0631. The van der Waals surface area contributed by atoms with Crippen LogP contribution in [0.4, 0.5) is 19.3 Å². The van der Waals surface area contributed by atoms with Crippen molar-refractivity contribution in [2.24, 2.45) is 0 Å². The number of aliphatic hydroxyl groups excluding tert-OH is 1. The number of nitrogens with one attached hydrogen (secondary N) is 2. The Morgan fingerprint density at radius 1 is 1.32 bits per heavy atom. The van der Waals surface area contributed by atoms with Gasteiger partial charge in [0.1, 0.15) is 11.6 Å². The number of aliphatic hydroxyl groups is 1. The van der Waals surface area contributed by atoms with E-state index in [1.165, 1.54) is 6.07 Å². The highest BCUT2D eigenvalue weighted by molar-refractivity contribution is 7.99. The number of amides is 2. The van der Waals surface area contributed by atoms with Crippen molar-refractivity contribution < 1.29 is 18.7 Å². The largest absolute Gasteiger partial charge is 0.396 e. The lowest BCUT2D eigenvalue weighted by Crippen LogP contribution is -2.30. The lowest BCUT2D eigenvalue weighted by atomic mass is 10.3. The zero-order valence-electron chi connectivity index (χ0n) is 10.3. The average Bonchev–Trinajstić information content (AvgIpc) is 2.37.